The summed E-state index contributed by atoms with van der Waals surface area (Å²) in [7, 11) is 0. The van der Waals surface area contributed by atoms with Crippen molar-refractivity contribution in [2.45, 2.75) is 13.3 Å². The lowest BCUT2D eigenvalue weighted by Gasteiger charge is -1.96. The molecule has 15 heavy (non-hydrogen) atoms. The predicted octanol–water partition coefficient (Wildman–Crippen LogP) is 2.18. The van der Waals surface area contributed by atoms with E-state index >= 15 is 0 Å². The molecule has 1 aromatic carbocycles. The molecule has 0 saturated carbocycles. The van der Waals surface area contributed by atoms with Crippen LogP contribution in [0.4, 0.5) is 0 Å². The van der Waals surface area contributed by atoms with Crippen LogP contribution in [0.25, 0.3) is 5.76 Å². The maximum atomic E-state index is 11.4. The average molecular weight is 202 g/mol. The second-order valence-corrected chi connectivity index (χ2v) is 3.26. The van der Waals surface area contributed by atoms with E-state index in [0.717, 1.165) is 0 Å². The summed E-state index contributed by atoms with van der Waals surface area (Å²) in [6, 6.07) is 7.04. The highest BCUT2D eigenvalue weighted by Gasteiger charge is 2.25. The molecule has 0 unspecified atom stereocenters. The van der Waals surface area contributed by atoms with Crippen molar-refractivity contribution < 1.29 is 14.3 Å². The van der Waals surface area contributed by atoms with E-state index in [1.807, 2.05) is 6.07 Å². The SMILES string of the molecule is CCC(=O)/C=C1\OC(=O)c2ccccc21. The van der Waals surface area contributed by atoms with E-state index in [9.17, 15) is 9.59 Å². The van der Waals surface area contributed by atoms with E-state index in [4.69, 9.17) is 4.74 Å². The van der Waals surface area contributed by atoms with Crippen molar-refractivity contribution in [3.8, 4) is 0 Å². The fourth-order valence-corrected chi connectivity index (χ4v) is 1.44. The van der Waals surface area contributed by atoms with E-state index in [1.54, 1.807) is 25.1 Å². The largest absolute Gasteiger partial charge is 0.422 e. The summed E-state index contributed by atoms with van der Waals surface area (Å²) in [6.45, 7) is 1.77. The van der Waals surface area contributed by atoms with Crippen molar-refractivity contribution in [2.24, 2.45) is 0 Å². The van der Waals surface area contributed by atoms with Gasteiger partial charge in [-0.1, -0.05) is 25.1 Å². The zero-order valence-corrected chi connectivity index (χ0v) is 8.32. The van der Waals surface area contributed by atoms with Crippen molar-refractivity contribution in [1.29, 1.82) is 0 Å². The van der Waals surface area contributed by atoms with Crippen LogP contribution < -0.4 is 0 Å². The van der Waals surface area contributed by atoms with E-state index in [0.29, 0.717) is 23.3 Å². The van der Waals surface area contributed by atoms with Gasteiger partial charge in [0, 0.05) is 18.1 Å². The molecule has 3 nitrogen and oxygen atoms in total. The summed E-state index contributed by atoms with van der Waals surface area (Å²) in [5.74, 6) is -0.0716. The van der Waals surface area contributed by atoms with Crippen molar-refractivity contribution in [1.82, 2.24) is 0 Å². The van der Waals surface area contributed by atoms with Gasteiger partial charge in [-0.25, -0.2) is 4.79 Å². The Kier molecular flexibility index (Phi) is 2.37. The maximum absolute atomic E-state index is 11.4. The van der Waals surface area contributed by atoms with Gasteiger partial charge < -0.3 is 4.74 Å². The Morgan fingerprint density at radius 2 is 2.00 bits per heavy atom. The molecular weight excluding hydrogens is 192 g/mol. The van der Waals surface area contributed by atoms with Crippen LogP contribution in [0.2, 0.25) is 0 Å². The second-order valence-electron chi connectivity index (χ2n) is 3.26. The Balaban J connectivity index is 2.45. The molecule has 0 bridgehead atoms. The molecule has 2 rings (SSSR count). The molecule has 0 atom stereocenters. The Hall–Kier alpha value is -1.90. The number of ether oxygens (including phenoxy) is 1. The molecule has 0 spiro atoms. The smallest absolute Gasteiger partial charge is 0.344 e. The molecule has 1 aromatic rings. The van der Waals surface area contributed by atoms with Gasteiger partial charge in [0.25, 0.3) is 0 Å². The van der Waals surface area contributed by atoms with Crippen LogP contribution in [0.1, 0.15) is 29.3 Å². The zero-order valence-electron chi connectivity index (χ0n) is 8.32. The molecule has 0 aromatic heterocycles. The van der Waals surface area contributed by atoms with Crippen LogP contribution >= 0.6 is 0 Å². The highest BCUT2D eigenvalue weighted by molar-refractivity contribution is 6.07. The van der Waals surface area contributed by atoms with Crippen molar-refractivity contribution >= 4 is 17.5 Å². The van der Waals surface area contributed by atoms with E-state index in [1.165, 1.54) is 6.08 Å². The number of carbonyl (C=O) groups excluding carboxylic acids is 2. The Labute approximate surface area is 87.4 Å². The third-order valence-corrected chi connectivity index (χ3v) is 2.26. The molecular formula is C12H10O3. The number of hydrogen-bond acceptors (Lipinski definition) is 3. The van der Waals surface area contributed by atoms with Gasteiger partial charge in [0.05, 0.1) is 5.56 Å². The highest BCUT2D eigenvalue weighted by Crippen LogP contribution is 2.29. The summed E-state index contributed by atoms with van der Waals surface area (Å²) in [5.41, 5.74) is 1.22. The number of carbonyl (C=O) groups is 2. The lowest BCUT2D eigenvalue weighted by molar-refractivity contribution is -0.114. The molecule has 0 amide bonds. The average Bonchev–Trinajstić information content (AvgIpc) is 2.57. The van der Waals surface area contributed by atoms with Gasteiger partial charge in [0.15, 0.2) is 5.78 Å². The second kappa shape index (κ2) is 3.69. The topological polar surface area (TPSA) is 43.4 Å². The molecule has 1 aliphatic rings. The van der Waals surface area contributed by atoms with Crippen LogP contribution in [-0.2, 0) is 9.53 Å². The molecule has 3 heteroatoms. The van der Waals surface area contributed by atoms with E-state index in [-0.39, 0.29) is 11.8 Å². The molecule has 0 aliphatic carbocycles. The molecule has 0 radical (unpaired) electrons. The van der Waals surface area contributed by atoms with Gasteiger partial charge in [0.2, 0.25) is 0 Å². The minimum Gasteiger partial charge on any atom is -0.422 e. The first-order valence-corrected chi connectivity index (χ1v) is 4.78. The number of esters is 1. The molecule has 0 N–H and O–H groups in total. The Morgan fingerprint density at radius 3 is 2.67 bits per heavy atom. The molecule has 0 saturated heterocycles. The molecule has 1 heterocycles. The van der Waals surface area contributed by atoms with Gasteiger partial charge in [-0.2, -0.15) is 0 Å². The lowest BCUT2D eigenvalue weighted by Crippen LogP contribution is -1.94. The van der Waals surface area contributed by atoms with Crippen molar-refractivity contribution in [3.05, 3.63) is 41.5 Å². The molecule has 1 aliphatic heterocycles. The maximum Gasteiger partial charge on any atom is 0.344 e. The van der Waals surface area contributed by atoms with Crippen LogP contribution in [0.5, 0.6) is 0 Å². The number of benzene rings is 1. The standard InChI is InChI=1S/C12H10O3/c1-2-8(13)7-11-9-5-3-4-6-10(9)12(14)15-11/h3-7H,2H2,1H3/b11-7-. The van der Waals surface area contributed by atoms with Crippen LogP contribution in [0, 0.1) is 0 Å². The quantitative estimate of drug-likeness (QED) is 0.545. The van der Waals surface area contributed by atoms with Crippen LogP contribution in [0.3, 0.4) is 0 Å². The third-order valence-electron chi connectivity index (χ3n) is 2.26. The van der Waals surface area contributed by atoms with Crippen LogP contribution in [0.15, 0.2) is 30.3 Å². The Morgan fingerprint density at radius 1 is 1.33 bits per heavy atom. The van der Waals surface area contributed by atoms with E-state index < -0.39 is 0 Å². The first-order chi connectivity index (χ1) is 7.22. The third kappa shape index (κ3) is 1.68. The van der Waals surface area contributed by atoms with Gasteiger partial charge in [-0.15, -0.1) is 0 Å². The normalized spacial score (nSPS) is 16.3. The fraction of sp³-hybridized carbons (Fsp3) is 0.167. The number of fused-ring (bicyclic) bond motifs is 1. The lowest BCUT2D eigenvalue weighted by atomic mass is 10.1. The highest BCUT2D eigenvalue weighted by atomic mass is 16.5. The number of hydrogen-bond donors (Lipinski definition) is 0. The Bertz CT molecular complexity index is 458. The number of cyclic esters (lactones) is 1. The van der Waals surface area contributed by atoms with Crippen molar-refractivity contribution in [2.75, 3.05) is 0 Å². The van der Waals surface area contributed by atoms with Crippen molar-refractivity contribution in [3.63, 3.8) is 0 Å². The minimum atomic E-state index is -0.388. The predicted molar refractivity (Wildman–Crippen MR) is 55.1 cm³/mol. The number of ketones is 1. The monoisotopic (exact) mass is 202 g/mol. The summed E-state index contributed by atoms with van der Waals surface area (Å²) in [5, 5.41) is 0. The summed E-state index contributed by atoms with van der Waals surface area (Å²) >= 11 is 0. The van der Waals surface area contributed by atoms with Gasteiger partial charge in [0.1, 0.15) is 5.76 Å². The number of rotatable bonds is 2. The van der Waals surface area contributed by atoms with Gasteiger partial charge >= 0.3 is 5.97 Å². The first kappa shape index (κ1) is 9.65. The summed E-state index contributed by atoms with van der Waals surface area (Å²) in [4.78, 5) is 22.6. The van der Waals surface area contributed by atoms with Gasteiger partial charge in [-0.05, 0) is 6.07 Å². The van der Waals surface area contributed by atoms with E-state index in [2.05, 4.69) is 0 Å². The number of allylic oxidation sites excluding steroid dienone is 1. The first-order valence-electron chi connectivity index (χ1n) is 4.78. The minimum absolute atomic E-state index is 0.0468. The summed E-state index contributed by atoms with van der Waals surface area (Å²) < 4.78 is 5.01. The molecule has 76 valence electrons. The fourth-order valence-electron chi connectivity index (χ4n) is 1.44. The molecule has 0 fully saturated rings. The van der Waals surface area contributed by atoms with Crippen LogP contribution in [-0.4, -0.2) is 11.8 Å². The zero-order chi connectivity index (χ0) is 10.8. The van der Waals surface area contributed by atoms with Gasteiger partial charge in [-0.3, -0.25) is 4.79 Å². The summed E-state index contributed by atoms with van der Waals surface area (Å²) in [6.07, 6.45) is 1.78.